The third-order valence-corrected chi connectivity index (χ3v) is 4.53. The number of benzene rings is 1. The molecule has 1 aromatic carbocycles. The van der Waals surface area contributed by atoms with Crippen LogP contribution in [0.1, 0.15) is 18.5 Å². The standard InChI is InChI=1S/C16H17N5O2S/c1-9-7-13(21-23-9)20-16(22)10(2)24-8-14-18-12-6-4-3-5-11(12)15(17)19-14/h3-7,10H,8H2,1-2H3,(H2,17,18,19)(H,20,21,22). The predicted molar refractivity (Wildman–Crippen MR) is 94.6 cm³/mol. The van der Waals surface area contributed by atoms with Crippen molar-refractivity contribution in [2.24, 2.45) is 0 Å². The van der Waals surface area contributed by atoms with Gasteiger partial charge in [-0.05, 0) is 26.0 Å². The fraction of sp³-hybridized carbons (Fsp3) is 0.250. The van der Waals surface area contributed by atoms with Crippen molar-refractivity contribution in [3.05, 3.63) is 41.9 Å². The first kappa shape index (κ1) is 16.3. The Morgan fingerprint density at radius 3 is 2.92 bits per heavy atom. The molecule has 3 N–H and O–H groups in total. The van der Waals surface area contributed by atoms with E-state index in [4.69, 9.17) is 10.3 Å². The number of nitrogens with one attached hydrogen (secondary N) is 1. The molecular weight excluding hydrogens is 326 g/mol. The Kier molecular flexibility index (Phi) is 4.66. The average molecular weight is 343 g/mol. The van der Waals surface area contributed by atoms with Crippen molar-refractivity contribution in [2.45, 2.75) is 24.9 Å². The Morgan fingerprint density at radius 1 is 1.38 bits per heavy atom. The number of aromatic nitrogens is 3. The highest BCUT2D eigenvalue weighted by Crippen LogP contribution is 2.22. The molecular formula is C16H17N5O2S. The quantitative estimate of drug-likeness (QED) is 0.733. The molecule has 1 atom stereocenters. The number of nitrogens with two attached hydrogens (primary N) is 1. The lowest BCUT2D eigenvalue weighted by Crippen LogP contribution is -2.22. The maximum Gasteiger partial charge on any atom is 0.238 e. The highest BCUT2D eigenvalue weighted by Gasteiger charge is 2.16. The lowest BCUT2D eigenvalue weighted by atomic mass is 10.2. The van der Waals surface area contributed by atoms with E-state index in [1.165, 1.54) is 11.8 Å². The van der Waals surface area contributed by atoms with Crippen LogP contribution in [0.3, 0.4) is 0 Å². The number of hydrogen-bond donors (Lipinski definition) is 2. The Labute approximate surface area is 143 Å². The second-order valence-electron chi connectivity index (χ2n) is 5.31. The molecule has 8 heteroatoms. The van der Waals surface area contributed by atoms with Gasteiger partial charge in [0.05, 0.1) is 16.5 Å². The van der Waals surface area contributed by atoms with Gasteiger partial charge in [-0.25, -0.2) is 9.97 Å². The highest BCUT2D eigenvalue weighted by atomic mass is 32.2. The fourth-order valence-electron chi connectivity index (χ4n) is 2.14. The summed E-state index contributed by atoms with van der Waals surface area (Å²) < 4.78 is 4.92. The number of carbonyl (C=O) groups is 1. The third-order valence-electron chi connectivity index (χ3n) is 3.39. The molecule has 24 heavy (non-hydrogen) atoms. The van der Waals surface area contributed by atoms with Crippen LogP contribution < -0.4 is 11.1 Å². The maximum atomic E-state index is 12.1. The summed E-state index contributed by atoms with van der Waals surface area (Å²) >= 11 is 1.43. The van der Waals surface area contributed by atoms with Crippen LogP contribution in [0.5, 0.6) is 0 Å². The summed E-state index contributed by atoms with van der Waals surface area (Å²) in [5.74, 6) is 2.45. The van der Waals surface area contributed by atoms with Crippen molar-refractivity contribution in [1.29, 1.82) is 0 Å². The van der Waals surface area contributed by atoms with Crippen molar-refractivity contribution in [3.63, 3.8) is 0 Å². The van der Waals surface area contributed by atoms with Gasteiger partial charge < -0.3 is 15.6 Å². The van der Waals surface area contributed by atoms with Crippen molar-refractivity contribution in [2.75, 3.05) is 11.1 Å². The van der Waals surface area contributed by atoms with Crippen LogP contribution in [0, 0.1) is 6.92 Å². The molecule has 0 aliphatic rings. The number of hydrogen-bond acceptors (Lipinski definition) is 7. The molecule has 3 rings (SSSR count). The Bertz CT molecular complexity index is 880. The molecule has 0 aliphatic heterocycles. The molecule has 124 valence electrons. The second kappa shape index (κ2) is 6.88. The first-order chi connectivity index (χ1) is 11.5. The van der Waals surface area contributed by atoms with Crippen molar-refractivity contribution < 1.29 is 9.32 Å². The molecule has 2 heterocycles. The van der Waals surface area contributed by atoms with E-state index >= 15 is 0 Å². The van der Waals surface area contributed by atoms with Crippen LogP contribution in [0.25, 0.3) is 10.9 Å². The van der Waals surface area contributed by atoms with E-state index < -0.39 is 0 Å². The Hall–Kier alpha value is -2.61. The molecule has 0 fully saturated rings. The van der Waals surface area contributed by atoms with Gasteiger partial charge in [-0.3, -0.25) is 4.79 Å². The summed E-state index contributed by atoms with van der Waals surface area (Å²) in [6, 6.07) is 9.25. The van der Waals surface area contributed by atoms with Gasteiger partial charge in [0.15, 0.2) is 5.82 Å². The summed E-state index contributed by atoms with van der Waals surface area (Å²) in [6.07, 6.45) is 0. The third kappa shape index (κ3) is 3.65. The van der Waals surface area contributed by atoms with Crippen LogP contribution in [-0.2, 0) is 10.5 Å². The first-order valence-corrected chi connectivity index (χ1v) is 8.44. The summed E-state index contributed by atoms with van der Waals surface area (Å²) in [5.41, 5.74) is 6.77. The number of thioether (sulfide) groups is 1. The van der Waals surface area contributed by atoms with Gasteiger partial charge in [-0.2, -0.15) is 0 Å². The number of nitrogens with zero attached hydrogens (tertiary/aromatic N) is 3. The van der Waals surface area contributed by atoms with Gasteiger partial charge >= 0.3 is 0 Å². The van der Waals surface area contributed by atoms with Crippen molar-refractivity contribution >= 4 is 40.2 Å². The zero-order chi connectivity index (χ0) is 17.1. The van der Waals surface area contributed by atoms with Gasteiger partial charge in [-0.1, -0.05) is 17.3 Å². The normalized spacial score (nSPS) is 12.2. The van der Waals surface area contributed by atoms with E-state index in [9.17, 15) is 4.79 Å². The molecule has 1 unspecified atom stereocenters. The number of para-hydroxylation sites is 1. The minimum Gasteiger partial charge on any atom is -0.383 e. The first-order valence-electron chi connectivity index (χ1n) is 7.40. The van der Waals surface area contributed by atoms with Gasteiger partial charge in [0, 0.05) is 11.5 Å². The number of aryl methyl sites for hydroxylation is 1. The summed E-state index contributed by atoms with van der Waals surface area (Å²) in [7, 11) is 0. The summed E-state index contributed by atoms with van der Waals surface area (Å²) in [6.45, 7) is 3.58. The lowest BCUT2D eigenvalue weighted by molar-refractivity contribution is -0.115. The highest BCUT2D eigenvalue weighted by molar-refractivity contribution is 7.99. The molecule has 7 nitrogen and oxygen atoms in total. The molecule has 0 bridgehead atoms. The van der Waals surface area contributed by atoms with Gasteiger partial charge in [0.1, 0.15) is 17.4 Å². The van der Waals surface area contributed by atoms with E-state index in [0.717, 1.165) is 10.9 Å². The SMILES string of the molecule is Cc1cc(NC(=O)C(C)SCc2nc(N)c3ccccc3n2)no1. The average Bonchev–Trinajstić information content (AvgIpc) is 2.97. The summed E-state index contributed by atoms with van der Waals surface area (Å²) in [5, 5.41) is 6.99. The van der Waals surface area contributed by atoms with E-state index in [1.54, 1.807) is 13.0 Å². The van der Waals surface area contributed by atoms with E-state index in [0.29, 0.717) is 29.0 Å². The molecule has 2 aromatic heterocycles. The molecule has 0 saturated heterocycles. The van der Waals surface area contributed by atoms with E-state index in [1.807, 2.05) is 31.2 Å². The molecule has 3 aromatic rings. The minimum atomic E-state index is -0.293. The van der Waals surface area contributed by atoms with Crippen LogP contribution in [0.15, 0.2) is 34.9 Å². The van der Waals surface area contributed by atoms with Crippen LogP contribution >= 0.6 is 11.8 Å². The van der Waals surface area contributed by atoms with Crippen LogP contribution in [0.2, 0.25) is 0 Å². The molecule has 0 saturated carbocycles. The lowest BCUT2D eigenvalue weighted by Gasteiger charge is -2.10. The number of rotatable bonds is 5. The predicted octanol–water partition coefficient (Wildman–Crippen LogP) is 2.77. The summed E-state index contributed by atoms with van der Waals surface area (Å²) in [4.78, 5) is 20.9. The largest absolute Gasteiger partial charge is 0.383 e. The second-order valence-corrected chi connectivity index (χ2v) is 6.64. The molecule has 0 radical (unpaired) electrons. The topological polar surface area (TPSA) is 107 Å². The molecule has 0 aliphatic carbocycles. The zero-order valence-electron chi connectivity index (χ0n) is 13.3. The van der Waals surface area contributed by atoms with Gasteiger partial charge in [0.2, 0.25) is 5.91 Å². The Balaban J connectivity index is 1.63. The molecule has 0 spiro atoms. The van der Waals surface area contributed by atoms with Crippen LogP contribution in [0.4, 0.5) is 11.6 Å². The maximum absolute atomic E-state index is 12.1. The van der Waals surface area contributed by atoms with Crippen molar-refractivity contribution in [1.82, 2.24) is 15.1 Å². The van der Waals surface area contributed by atoms with Gasteiger partial charge in [0.25, 0.3) is 0 Å². The number of nitrogen functional groups attached to an aromatic ring is 1. The van der Waals surface area contributed by atoms with E-state index in [2.05, 4.69) is 20.4 Å². The minimum absolute atomic E-state index is 0.151. The van der Waals surface area contributed by atoms with E-state index in [-0.39, 0.29) is 11.2 Å². The number of anilines is 2. The number of fused-ring (bicyclic) bond motifs is 1. The van der Waals surface area contributed by atoms with Crippen molar-refractivity contribution in [3.8, 4) is 0 Å². The zero-order valence-corrected chi connectivity index (χ0v) is 14.1. The molecule has 1 amide bonds. The van der Waals surface area contributed by atoms with Gasteiger partial charge in [-0.15, -0.1) is 11.8 Å². The smallest absolute Gasteiger partial charge is 0.238 e. The number of amides is 1. The number of carbonyl (C=O) groups excluding carboxylic acids is 1. The van der Waals surface area contributed by atoms with Crippen LogP contribution in [-0.4, -0.2) is 26.3 Å². The fourth-order valence-corrected chi connectivity index (χ4v) is 2.88. The Morgan fingerprint density at radius 2 is 2.17 bits per heavy atom. The monoisotopic (exact) mass is 343 g/mol.